The zero-order valence-electron chi connectivity index (χ0n) is 13.8. The van der Waals surface area contributed by atoms with Crippen molar-refractivity contribution in [2.45, 2.75) is 19.5 Å². The quantitative estimate of drug-likeness (QED) is 0.527. The Kier molecular flexibility index (Phi) is 5.74. The smallest absolute Gasteiger partial charge is 0.131 e. The van der Waals surface area contributed by atoms with E-state index in [9.17, 15) is 4.39 Å². The molecule has 0 aliphatic carbocycles. The van der Waals surface area contributed by atoms with Gasteiger partial charge in [-0.3, -0.25) is 0 Å². The lowest BCUT2D eigenvalue weighted by molar-refractivity contribution is 0.575. The molecule has 1 atom stereocenters. The summed E-state index contributed by atoms with van der Waals surface area (Å²) in [5, 5.41) is 4.72. The molecular formula is C21H18Cl2FN. The SMILES string of the molecule is C[C@@H](NCc1ccc(Cl)c(-c2ccccc2F)c1)c1cccc(Cl)c1. The minimum absolute atomic E-state index is 0.145. The molecule has 0 radical (unpaired) electrons. The summed E-state index contributed by atoms with van der Waals surface area (Å²) >= 11 is 12.3. The monoisotopic (exact) mass is 373 g/mol. The van der Waals surface area contributed by atoms with E-state index in [4.69, 9.17) is 23.2 Å². The molecule has 0 aliphatic rings. The number of hydrogen-bond donors (Lipinski definition) is 1. The molecule has 0 saturated heterocycles. The number of rotatable bonds is 5. The van der Waals surface area contributed by atoms with Gasteiger partial charge in [0.15, 0.2) is 0 Å². The van der Waals surface area contributed by atoms with Gasteiger partial charge in [0.2, 0.25) is 0 Å². The highest BCUT2D eigenvalue weighted by molar-refractivity contribution is 6.33. The fraction of sp³-hybridized carbons (Fsp3) is 0.143. The standard InChI is InChI=1S/C21H18Cl2FN/c1-14(16-5-4-6-17(22)12-16)25-13-15-9-10-20(23)19(11-15)18-7-2-3-8-21(18)24/h2-12,14,25H,13H2,1H3/t14-/m1/s1. The molecule has 0 fully saturated rings. The van der Waals surface area contributed by atoms with Crippen LogP contribution < -0.4 is 5.32 Å². The Bertz CT molecular complexity index is 879. The fourth-order valence-corrected chi connectivity index (χ4v) is 3.15. The van der Waals surface area contributed by atoms with Gasteiger partial charge in [0.05, 0.1) is 0 Å². The molecule has 3 rings (SSSR count). The van der Waals surface area contributed by atoms with Crippen LogP contribution in [-0.2, 0) is 6.54 Å². The van der Waals surface area contributed by atoms with Crippen molar-refractivity contribution in [2.24, 2.45) is 0 Å². The summed E-state index contributed by atoms with van der Waals surface area (Å²) in [6, 6.07) is 20.3. The van der Waals surface area contributed by atoms with Crippen molar-refractivity contribution in [3.63, 3.8) is 0 Å². The van der Waals surface area contributed by atoms with Gasteiger partial charge in [-0.1, -0.05) is 59.6 Å². The Morgan fingerprint density at radius 3 is 2.48 bits per heavy atom. The first-order chi connectivity index (χ1) is 12.0. The van der Waals surface area contributed by atoms with Crippen LogP contribution in [0.4, 0.5) is 4.39 Å². The predicted octanol–water partition coefficient (Wildman–Crippen LogP) is 6.65. The Balaban J connectivity index is 1.78. The van der Waals surface area contributed by atoms with Crippen molar-refractivity contribution in [1.29, 1.82) is 0 Å². The predicted molar refractivity (Wildman–Crippen MR) is 104 cm³/mol. The minimum atomic E-state index is -0.276. The number of hydrogen-bond acceptors (Lipinski definition) is 1. The Labute approximate surface area is 157 Å². The molecule has 0 saturated carbocycles. The molecule has 0 aromatic heterocycles. The van der Waals surface area contributed by atoms with Crippen LogP contribution in [-0.4, -0.2) is 0 Å². The normalized spacial score (nSPS) is 12.2. The molecule has 1 nitrogen and oxygen atoms in total. The fourth-order valence-electron chi connectivity index (χ4n) is 2.73. The van der Waals surface area contributed by atoms with E-state index in [1.165, 1.54) is 6.07 Å². The maximum atomic E-state index is 14.1. The van der Waals surface area contributed by atoms with Gasteiger partial charge in [-0.15, -0.1) is 0 Å². The first-order valence-electron chi connectivity index (χ1n) is 8.07. The maximum absolute atomic E-state index is 14.1. The second-order valence-electron chi connectivity index (χ2n) is 5.95. The van der Waals surface area contributed by atoms with Crippen LogP contribution in [0.5, 0.6) is 0 Å². The zero-order chi connectivity index (χ0) is 17.8. The summed E-state index contributed by atoms with van der Waals surface area (Å²) in [5.41, 5.74) is 3.37. The Hall–Kier alpha value is -1.87. The van der Waals surface area contributed by atoms with E-state index in [0.29, 0.717) is 22.7 Å². The van der Waals surface area contributed by atoms with Crippen molar-refractivity contribution >= 4 is 23.2 Å². The highest BCUT2D eigenvalue weighted by Gasteiger charge is 2.10. The molecule has 1 N–H and O–H groups in total. The number of halogens is 3. The van der Waals surface area contributed by atoms with Crippen molar-refractivity contribution in [1.82, 2.24) is 5.32 Å². The molecular weight excluding hydrogens is 356 g/mol. The lowest BCUT2D eigenvalue weighted by Crippen LogP contribution is -2.18. The van der Waals surface area contributed by atoms with Gasteiger partial charge in [0, 0.05) is 33.8 Å². The van der Waals surface area contributed by atoms with Gasteiger partial charge in [-0.05, 0) is 48.4 Å². The summed E-state index contributed by atoms with van der Waals surface area (Å²) in [6.07, 6.45) is 0. The molecule has 0 spiro atoms. The van der Waals surface area contributed by atoms with Crippen molar-refractivity contribution in [3.05, 3.63) is 93.7 Å². The molecule has 4 heteroatoms. The first kappa shape index (κ1) is 17.9. The van der Waals surface area contributed by atoms with Gasteiger partial charge in [0.1, 0.15) is 5.82 Å². The highest BCUT2D eigenvalue weighted by atomic mass is 35.5. The van der Waals surface area contributed by atoms with Gasteiger partial charge < -0.3 is 5.32 Å². The third kappa shape index (κ3) is 4.40. The lowest BCUT2D eigenvalue weighted by atomic mass is 10.0. The van der Waals surface area contributed by atoms with E-state index in [1.54, 1.807) is 18.2 Å². The molecule has 0 amide bonds. The van der Waals surface area contributed by atoms with E-state index in [-0.39, 0.29) is 11.9 Å². The summed E-state index contributed by atoms with van der Waals surface area (Å²) in [6.45, 7) is 2.73. The van der Waals surface area contributed by atoms with Crippen LogP contribution in [0.1, 0.15) is 24.1 Å². The largest absolute Gasteiger partial charge is 0.306 e. The number of benzene rings is 3. The van der Waals surface area contributed by atoms with Crippen molar-refractivity contribution < 1.29 is 4.39 Å². The van der Waals surface area contributed by atoms with Crippen LogP contribution in [0.3, 0.4) is 0 Å². The van der Waals surface area contributed by atoms with Crippen LogP contribution >= 0.6 is 23.2 Å². The Morgan fingerprint density at radius 1 is 0.920 bits per heavy atom. The zero-order valence-corrected chi connectivity index (χ0v) is 15.3. The average Bonchev–Trinajstić information content (AvgIpc) is 2.61. The average molecular weight is 374 g/mol. The van der Waals surface area contributed by atoms with Crippen LogP contribution in [0, 0.1) is 5.82 Å². The summed E-state index contributed by atoms with van der Waals surface area (Å²) < 4.78 is 14.1. The Morgan fingerprint density at radius 2 is 1.72 bits per heavy atom. The third-order valence-corrected chi connectivity index (χ3v) is 4.72. The molecule has 0 bridgehead atoms. The van der Waals surface area contributed by atoms with Gasteiger partial charge in [-0.25, -0.2) is 4.39 Å². The summed E-state index contributed by atoms with van der Waals surface area (Å²) in [7, 11) is 0. The summed E-state index contributed by atoms with van der Waals surface area (Å²) in [5.74, 6) is -0.276. The van der Waals surface area contributed by atoms with E-state index in [1.807, 2.05) is 42.5 Å². The molecule has 128 valence electrons. The molecule has 3 aromatic rings. The first-order valence-corrected chi connectivity index (χ1v) is 8.82. The lowest BCUT2D eigenvalue weighted by Gasteiger charge is -2.15. The molecule has 0 aliphatic heterocycles. The maximum Gasteiger partial charge on any atom is 0.131 e. The number of nitrogens with one attached hydrogen (secondary N) is 1. The van der Waals surface area contributed by atoms with E-state index in [2.05, 4.69) is 12.2 Å². The second-order valence-corrected chi connectivity index (χ2v) is 6.80. The molecule has 0 unspecified atom stereocenters. The van der Waals surface area contributed by atoms with E-state index >= 15 is 0 Å². The minimum Gasteiger partial charge on any atom is -0.306 e. The second kappa shape index (κ2) is 8.01. The van der Waals surface area contributed by atoms with Crippen LogP contribution in [0.2, 0.25) is 10.0 Å². The molecule has 0 heterocycles. The molecule has 25 heavy (non-hydrogen) atoms. The van der Waals surface area contributed by atoms with Crippen LogP contribution in [0.15, 0.2) is 66.7 Å². The van der Waals surface area contributed by atoms with E-state index < -0.39 is 0 Å². The van der Waals surface area contributed by atoms with Crippen molar-refractivity contribution in [2.75, 3.05) is 0 Å². The molecule has 3 aromatic carbocycles. The van der Waals surface area contributed by atoms with Gasteiger partial charge in [-0.2, -0.15) is 0 Å². The third-order valence-electron chi connectivity index (χ3n) is 4.16. The van der Waals surface area contributed by atoms with Crippen LogP contribution in [0.25, 0.3) is 11.1 Å². The van der Waals surface area contributed by atoms with Gasteiger partial charge >= 0.3 is 0 Å². The van der Waals surface area contributed by atoms with Gasteiger partial charge in [0.25, 0.3) is 0 Å². The topological polar surface area (TPSA) is 12.0 Å². The van der Waals surface area contributed by atoms with Crippen molar-refractivity contribution in [3.8, 4) is 11.1 Å². The van der Waals surface area contributed by atoms with E-state index in [0.717, 1.165) is 16.1 Å². The highest BCUT2D eigenvalue weighted by Crippen LogP contribution is 2.31. The summed E-state index contributed by atoms with van der Waals surface area (Å²) in [4.78, 5) is 0.